The molecule has 25 nitrogen and oxygen atoms in total. The second-order valence-corrected chi connectivity index (χ2v) is 19.8. The number of carbonyl (C=O) groups excluding carboxylic acids is 9. The predicted molar refractivity (Wildman–Crippen MR) is 271 cm³/mol. The molecule has 17 N–H and O–H groups in total. The summed E-state index contributed by atoms with van der Waals surface area (Å²) < 4.78 is 0. The lowest BCUT2D eigenvalue weighted by atomic mass is 9.99. The molecular formula is C50H76N10O15. The molecule has 2 aromatic rings. The number of aliphatic hydroxyl groups excluding tert-OH is 2. The third-order valence-electron chi connectivity index (χ3n) is 11.6. The van der Waals surface area contributed by atoms with Gasteiger partial charge in [-0.2, -0.15) is 0 Å². The van der Waals surface area contributed by atoms with Crippen LogP contribution in [0.25, 0.3) is 0 Å². The van der Waals surface area contributed by atoms with Crippen LogP contribution in [0, 0.1) is 17.8 Å². The number of benzene rings is 2. The fourth-order valence-electron chi connectivity index (χ4n) is 7.44. The fraction of sp³-hybridized carbons (Fsp3) is 0.560. The number of rotatable bonds is 30. The molecule has 25 heteroatoms. The van der Waals surface area contributed by atoms with Gasteiger partial charge in [-0.25, -0.2) is 4.79 Å². The Labute approximate surface area is 435 Å². The predicted octanol–water partition coefficient (Wildman–Crippen LogP) is -2.42. The first kappa shape index (κ1) is 63.7. The van der Waals surface area contributed by atoms with Gasteiger partial charge in [0, 0.05) is 6.42 Å². The third kappa shape index (κ3) is 21.9. The molecule has 0 aliphatic rings. The number of carboxylic acids is 1. The van der Waals surface area contributed by atoms with Crippen molar-refractivity contribution in [2.45, 2.75) is 161 Å². The molecule has 0 saturated heterocycles. The minimum atomic E-state index is -1.86. The molecule has 0 spiro atoms. The van der Waals surface area contributed by atoms with Crippen LogP contribution in [-0.2, 0) is 60.8 Å². The van der Waals surface area contributed by atoms with Crippen LogP contribution in [0.3, 0.4) is 0 Å². The zero-order chi connectivity index (χ0) is 57.0. The van der Waals surface area contributed by atoms with Crippen LogP contribution in [0.5, 0.6) is 11.5 Å². The minimum absolute atomic E-state index is 0.0107. The van der Waals surface area contributed by atoms with Crippen LogP contribution in [-0.4, -0.2) is 151 Å². The SMILES string of the molecule is CC(C)C[C@H](NC(=O)[C@@H](NC(=O)[C@H](C)NC(=O)[C@@H](NC(=O)[C@@H](NC(=O)[C@H](CC(N)=O)NC(=O)[C@H](Cc1ccc(O)cc1)NC(=O)[C@H](CC(C)C)NC(=O)[C@@H](N)Cc1ccc(O)cc1)[C@@H](C)O)C(C)C)[C@@H](C)O)C(=O)O. The normalized spacial score (nSPS) is 15.7. The van der Waals surface area contributed by atoms with E-state index >= 15 is 0 Å². The van der Waals surface area contributed by atoms with Gasteiger partial charge in [0.2, 0.25) is 53.2 Å². The summed E-state index contributed by atoms with van der Waals surface area (Å²) in [6.45, 7) is 13.6. The number of primary amides is 1. The molecule has 0 bridgehead atoms. The second kappa shape index (κ2) is 30.1. The number of nitrogens with one attached hydrogen (secondary N) is 8. The van der Waals surface area contributed by atoms with Gasteiger partial charge in [0.1, 0.15) is 59.8 Å². The summed E-state index contributed by atoms with van der Waals surface area (Å²) in [5, 5.41) is 69.4. The lowest BCUT2D eigenvalue weighted by Crippen LogP contribution is -2.63. The van der Waals surface area contributed by atoms with E-state index in [1.54, 1.807) is 39.8 Å². The van der Waals surface area contributed by atoms with Gasteiger partial charge in [-0.1, -0.05) is 65.8 Å². The molecule has 11 atom stereocenters. The van der Waals surface area contributed by atoms with Crippen LogP contribution in [0.15, 0.2) is 48.5 Å². The smallest absolute Gasteiger partial charge is 0.326 e. The molecule has 0 heterocycles. The van der Waals surface area contributed by atoms with E-state index in [0.717, 1.165) is 6.92 Å². The lowest BCUT2D eigenvalue weighted by Gasteiger charge is -2.29. The van der Waals surface area contributed by atoms with E-state index < -0.39 is 138 Å². The summed E-state index contributed by atoms with van der Waals surface area (Å²) in [5.41, 5.74) is 12.7. The van der Waals surface area contributed by atoms with E-state index in [4.69, 9.17) is 11.5 Å². The minimum Gasteiger partial charge on any atom is -0.508 e. The zero-order valence-corrected chi connectivity index (χ0v) is 43.7. The fourth-order valence-corrected chi connectivity index (χ4v) is 7.44. The van der Waals surface area contributed by atoms with E-state index in [-0.39, 0.29) is 49.0 Å². The monoisotopic (exact) mass is 1060 g/mol. The Morgan fingerprint density at radius 1 is 0.453 bits per heavy atom. The summed E-state index contributed by atoms with van der Waals surface area (Å²) >= 11 is 0. The topological polar surface area (TPSA) is 420 Å². The maximum atomic E-state index is 14.2. The van der Waals surface area contributed by atoms with Gasteiger partial charge < -0.3 is 79.5 Å². The first-order valence-electron chi connectivity index (χ1n) is 24.5. The molecular weight excluding hydrogens is 981 g/mol. The second-order valence-electron chi connectivity index (χ2n) is 19.8. The number of nitrogens with two attached hydrogens (primary N) is 2. The molecule has 2 aromatic carbocycles. The van der Waals surface area contributed by atoms with E-state index in [2.05, 4.69) is 42.5 Å². The van der Waals surface area contributed by atoms with Crippen LogP contribution in [0.4, 0.5) is 0 Å². The number of aliphatic carboxylic acids is 1. The van der Waals surface area contributed by atoms with Crippen molar-refractivity contribution in [3.8, 4) is 11.5 Å². The Bertz CT molecular complexity index is 2290. The Morgan fingerprint density at radius 2 is 0.827 bits per heavy atom. The maximum Gasteiger partial charge on any atom is 0.326 e. The van der Waals surface area contributed by atoms with Gasteiger partial charge in [-0.15, -0.1) is 0 Å². The van der Waals surface area contributed by atoms with Gasteiger partial charge in [0.15, 0.2) is 0 Å². The molecule has 2 rings (SSSR count). The molecule has 0 radical (unpaired) electrons. The number of aliphatic hydroxyl groups is 2. The van der Waals surface area contributed by atoms with Crippen molar-refractivity contribution in [1.82, 2.24) is 42.5 Å². The van der Waals surface area contributed by atoms with Crippen molar-refractivity contribution in [3.05, 3.63) is 59.7 Å². The zero-order valence-electron chi connectivity index (χ0n) is 43.7. The number of amides is 9. The highest BCUT2D eigenvalue weighted by Gasteiger charge is 2.37. The number of aromatic hydroxyl groups is 2. The Hall–Kier alpha value is -7.38. The number of phenols is 2. The Morgan fingerprint density at radius 3 is 1.28 bits per heavy atom. The van der Waals surface area contributed by atoms with Crippen LogP contribution < -0.4 is 54.0 Å². The number of phenolic OH excluding ortho intramolecular Hbond substituents is 2. The number of carboxylic acid groups (broad SMARTS) is 1. The highest BCUT2D eigenvalue weighted by Crippen LogP contribution is 2.15. The average Bonchev–Trinajstić information content (AvgIpc) is 3.30. The quantitative estimate of drug-likeness (QED) is 0.0387. The summed E-state index contributed by atoms with van der Waals surface area (Å²) in [6, 6.07) is -1.82. The van der Waals surface area contributed by atoms with Crippen molar-refractivity contribution < 1.29 is 73.5 Å². The van der Waals surface area contributed by atoms with Crippen LogP contribution in [0.2, 0.25) is 0 Å². The number of hydrogen-bond donors (Lipinski definition) is 15. The van der Waals surface area contributed by atoms with Gasteiger partial charge >= 0.3 is 5.97 Å². The number of hydrogen-bond acceptors (Lipinski definition) is 15. The molecule has 416 valence electrons. The van der Waals surface area contributed by atoms with Crippen molar-refractivity contribution in [2.75, 3.05) is 0 Å². The maximum absolute atomic E-state index is 14.2. The third-order valence-corrected chi connectivity index (χ3v) is 11.6. The Balaban J connectivity index is 2.33. The molecule has 0 fully saturated rings. The van der Waals surface area contributed by atoms with Gasteiger partial charge in [0.25, 0.3) is 0 Å². The van der Waals surface area contributed by atoms with E-state index in [9.17, 15) is 73.5 Å². The average molecular weight is 1060 g/mol. The van der Waals surface area contributed by atoms with Crippen molar-refractivity contribution in [1.29, 1.82) is 0 Å². The molecule has 0 aliphatic heterocycles. The van der Waals surface area contributed by atoms with Crippen molar-refractivity contribution in [2.24, 2.45) is 29.2 Å². The first-order valence-corrected chi connectivity index (χ1v) is 24.5. The lowest BCUT2D eigenvalue weighted by molar-refractivity contribution is -0.143. The van der Waals surface area contributed by atoms with Gasteiger partial charge in [-0.3, -0.25) is 43.2 Å². The molecule has 0 unspecified atom stereocenters. The van der Waals surface area contributed by atoms with E-state index in [1.165, 1.54) is 64.1 Å². The molecule has 9 amide bonds. The van der Waals surface area contributed by atoms with E-state index in [0.29, 0.717) is 11.1 Å². The molecule has 0 aliphatic carbocycles. The van der Waals surface area contributed by atoms with Crippen molar-refractivity contribution >= 4 is 59.1 Å². The molecule has 0 saturated carbocycles. The summed E-state index contributed by atoms with van der Waals surface area (Å²) in [4.78, 5) is 133. The van der Waals surface area contributed by atoms with Crippen LogP contribution in [0.1, 0.15) is 92.7 Å². The Kier molecular flexibility index (Phi) is 25.6. The highest BCUT2D eigenvalue weighted by atomic mass is 16.4. The standard InChI is InChI=1S/C50H76N10O15/c1-23(2)18-34(54-43(67)33(51)20-29-10-14-31(63)15-11-29)44(68)55-35(21-30-12-16-32(64)17-13-30)45(69)56-36(22-38(52)65)46(70)60-41(28(9)62)49(73)58-39(25(5)6)47(71)53-26(7)42(66)59-40(27(8)61)48(72)57-37(50(74)75)19-24(3)4/h10-17,23-28,33-37,39-41,61-64H,18-22,51H2,1-9H3,(H2,52,65)(H,53,71)(H,54,67)(H,55,68)(H,56,69)(H,57,72)(H,58,73)(H,59,66)(H,60,70)(H,74,75)/t26-,27+,28+,33-,34-,35-,36-,37-,39-,40-,41-/m0/s1. The van der Waals surface area contributed by atoms with E-state index in [1.807, 2.05) is 0 Å². The number of carbonyl (C=O) groups is 10. The van der Waals surface area contributed by atoms with Gasteiger partial charge in [-0.05, 0) is 93.2 Å². The van der Waals surface area contributed by atoms with Crippen molar-refractivity contribution in [3.63, 3.8) is 0 Å². The molecule has 0 aromatic heterocycles. The largest absolute Gasteiger partial charge is 0.508 e. The summed E-state index contributed by atoms with van der Waals surface area (Å²) in [7, 11) is 0. The van der Waals surface area contributed by atoms with Gasteiger partial charge in [0.05, 0.1) is 24.7 Å². The summed E-state index contributed by atoms with van der Waals surface area (Å²) in [5.74, 6) is -11.4. The molecule has 75 heavy (non-hydrogen) atoms. The van der Waals surface area contributed by atoms with Crippen LogP contribution >= 0.6 is 0 Å². The first-order chi connectivity index (χ1) is 34.9. The highest BCUT2D eigenvalue weighted by molar-refractivity contribution is 5.99. The summed E-state index contributed by atoms with van der Waals surface area (Å²) in [6.07, 6.45) is -4.12.